The van der Waals surface area contributed by atoms with Gasteiger partial charge in [0.15, 0.2) is 0 Å². The molecule has 0 spiro atoms. The van der Waals surface area contributed by atoms with Crippen molar-refractivity contribution in [1.29, 1.82) is 0 Å². The van der Waals surface area contributed by atoms with Gasteiger partial charge in [-0.2, -0.15) is 24.7 Å². The maximum absolute atomic E-state index is 5.36. The van der Waals surface area contributed by atoms with E-state index in [4.69, 9.17) is 5.84 Å². The van der Waals surface area contributed by atoms with Gasteiger partial charge in [-0.25, -0.2) is 15.8 Å². The number of anilines is 2. The van der Waals surface area contributed by atoms with E-state index in [2.05, 4.69) is 40.8 Å². The lowest BCUT2D eigenvalue weighted by atomic mass is 10.6. The molecular weight excluding hydrogens is 274 g/mol. The smallest absolute Gasteiger partial charge is 0.258 e. The lowest BCUT2D eigenvalue weighted by Crippen LogP contribution is -2.16. The number of aromatic nitrogens is 8. The van der Waals surface area contributed by atoms with Gasteiger partial charge < -0.3 is 9.88 Å². The third-order valence-electron chi connectivity index (χ3n) is 2.70. The predicted octanol–water partition coefficient (Wildman–Crippen LogP) is -0.916. The minimum absolute atomic E-state index is 0.220. The molecule has 0 fully saturated rings. The second-order valence-corrected chi connectivity index (χ2v) is 4.07. The van der Waals surface area contributed by atoms with Crippen molar-refractivity contribution in [3.8, 4) is 5.95 Å². The first-order valence-corrected chi connectivity index (χ1v) is 6.04. The predicted molar refractivity (Wildman–Crippen MR) is 73.1 cm³/mol. The quantitative estimate of drug-likeness (QED) is 0.402. The number of aryl methyl sites for hydroxylation is 1. The minimum Gasteiger partial charge on any atom is -0.347 e. The van der Waals surface area contributed by atoms with E-state index in [1.54, 1.807) is 6.20 Å². The molecule has 0 amide bonds. The monoisotopic (exact) mass is 287 g/mol. The highest BCUT2D eigenvalue weighted by Crippen LogP contribution is 2.08. The van der Waals surface area contributed by atoms with E-state index in [-0.39, 0.29) is 5.95 Å². The number of imidazole rings is 1. The standard InChI is InChI=1S/C10H13N11/c1-20-3-2-13-7(20)4-14-8-16-9(19-11)18-10(17-8)21-6-12-5-15-21/h2-3,5-6H,4,11H2,1H3,(H2,14,16,17,18,19). The van der Waals surface area contributed by atoms with Gasteiger partial charge in [0, 0.05) is 19.4 Å². The summed E-state index contributed by atoms with van der Waals surface area (Å²) in [6.07, 6.45) is 6.45. The molecule has 0 saturated heterocycles. The van der Waals surface area contributed by atoms with Crippen LogP contribution in [0.25, 0.3) is 5.95 Å². The van der Waals surface area contributed by atoms with E-state index in [9.17, 15) is 0 Å². The van der Waals surface area contributed by atoms with Crippen LogP contribution < -0.4 is 16.6 Å². The summed E-state index contributed by atoms with van der Waals surface area (Å²) in [6, 6.07) is 0. The summed E-state index contributed by atoms with van der Waals surface area (Å²) in [5.41, 5.74) is 2.39. The van der Waals surface area contributed by atoms with Crippen LogP contribution in [-0.4, -0.2) is 39.3 Å². The molecule has 3 aromatic rings. The first-order valence-electron chi connectivity index (χ1n) is 6.04. The number of hydrazine groups is 1. The van der Waals surface area contributed by atoms with Crippen molar-refractivity contribution in [2.24, 2.45) is 12.9 Å². The molecule has 0 bridgehead atoms. The summed E-state index contributed by atoms with van der Waals surface area (Å²) in [7, 11) is 1.91. The molecule has 108 valence electrons. The number of nitrogens with zero attached hydrogens (tertiary/aromatic N) is 8. The molecule has 0 aliphatic heterocycles. The van der Waals surface area contributed by atoms with Gasteiger partial charge in [-0.3, -0.25) is 5.43 Å². The van der Waals surface area contributed by atoms with Crippen LogP contribution in [0.5, 0.6) is 0 Å². The molecule has 0 unspecified atom stereocenters. The lowest BCUT2D eigenvalue weighted by Gasteiger charge is -2.08. The van der Waals surface area contributed by atoms with Crippen LogP contribution in [0, 0.1) is 0 Å². The fourth-order valence-electron chi connectivity index (χ4n) is 1.65. The third-order valence-corrected chi connectivity index (χ3v) is 2.70. The van der Waals surface area contributed by atoms with Crippen LogP contribution in [0.3, 0.4) is 0 Å². The van der Waals surface area contributed by atoms with Crippen LogP contribution in [-0.2, 0) is 13.6 Å². The first-order chi connectivity index (χ1) is 10.3. The topological polar surface area (TPSA) is 137 Å². The van der Waals surface area contributed by atoms with Crippen molar-refractivity contribution < 1.29 is 0 Å². The maximum Gasteiger partial charge on any atom is 0.258 e. The molecule has 0 atom stereocenters. The Morgan fingerprint density at radius 1 is 1.24 bits per heavy atom. The number of hydrogen-bond donors (Lipinski definition) is 3. The summed E-state index contributed by atoms with van der Waals surface area (Å²) in [5, 5.41) is 7.03. The van der Waals surface area contributed by atoms with Crippen molar-refractivity contribution >= 4 is 11.9 Å². The van der Waals surface area contributed by atoms with Gasteiger partial charge in [-0.05, 0) is 0 Å². The molecular formula is C10H13N11. The SMILES string of the molecule is Cn1ccnc1CNc1nc(NN)nc(-n2cncn2)n1. The van der Waals surface area contributed by atoms with Crippen molar-refractivity contribution in [1.82, 2.24) is 39.3 Å². The highest BCUT2D eigenvalue weighted by molar-refractivity contribution is 5.36. The van der Waals surface area contributed by atoms with Crippen molar-refractivity contribution in [2.75, 3.05) is 10.7 Å². The molecule has 0 aromatic carbocycles. The summed E-state index contributed by atoms with van der Waals surface area (Å²) in [5.74, 6) is 7.09. The number of hydrogen-bond acceptors (Lipinski definition) is 9. The molecule has 4 N–H and O–H groups in total. The van der Waals surface area contributed by atoms with Gasteiger partial charge in [0.05, 0.1) is 6.54 Å². The largest absolute Gasteiger partial charge is 0.347 e. The zero-order valence-corrected chi connectivity index (χ0v) is 11.2. The molecule has 21 heavy (non-hydrogen) atoms. The molecule has 0 radical (unpaired) electrons. The summed E-state index contributed by atoms with van der Waals surface area (Å²) < 4.78 is 3.31. The Kier molecular flexibility index (Phi) is 3.39. The van der Waals surface area contributed by atoms with Crippen LogP contribution >= 0.6 is 0 Å². The van der Waals surface area contributed by atoms with Crippen LogP contribution in [0.1, 0.15) is 5.82 Å². The minimum atomic E-state index is 0.220. The van der Waals surface area contributed by atoms with Gasteiger partial charge in [-0.15, -0.1) is 0 Å². The third kappa shape index (κ3) is 2.76. The second kappa shape index (κ2) is 5.50. The summed E-state index contributed by atoms with van der Waals surface area (Å²) >= 11 is 0. The number of nitrogens with two attached hydrogens (primary N) is 1. The van der Waals surface area contributed by atoms with Crippen molar-refractivity contribution in [3.05, 3.63) is 30.9 Å². The molecule has 11 nitrogen and oxygen atoms in total. The fourth-order valence-corrected chi connectivity index (χ4v) is 1.65. The zero-order chi connectivity index (χ0) is 14.7. The number of rotatable bonds is 5. The van der Waals surface area contributed by atoms with Gasteiger partial charge >= 0.3 is 0 Å². The van der Waals surface area contributed by atoms with Gasteiger partial charge in [0.1, 0.15) is 18.5 Å². The first kappa shape index (κ1) is 12.9. The molecule has 0 aliphatic rings. The average molecular weight is 287 g/mol. The Labute approximate surface area is 119 Å². The summed E-state index contributed by atoms with van der Waals surface area (Å²) in [6.45, 7) is 0.467. The van der Waals surface area contributed by atoms with E-state index >= 15 is 0 Å². The van der Waals surface area contributed by atoms with Gasteiger partial charge in [0.2, 0.25) is 11.9 Å². The molecule has 0 saturated carbocycles. The highest BCUT2D eigenvalue weighted by atomic mass is 15.4. The molecule has 3 aromatic heterocycles. The zero-order valence-electron chi connectivity index (χ0n) is 11.2. The Morgan fingerprint density at radius 2 is 2.10 bits per heavy atom. The summed E-state index contributed by atoms with van der Waals surface area (Å²) in [4.78, 5) is 20.5. The fraction of sp³-hybridized carbons (Fsp3) is 0.200. The number of nitrogen functional groups attached to an aromatic ring is 1. The Morgan fingerprint density at radius 3 is 2.76 bits per heavy atom. The van der Waals surface area contributed by atoms with E-state index in [0.29, 0.717) is 18.4 Å². The number of nitrogens with one attached hydrogen (secondary N) is 2. The normalized spacial score (nSPS) is 10.6. The second-order valence-electron chi connectivity index (χ2n) is 4.07. The van der Waals surface area contributed by atoms with E-state index in [0.717, 1.165) is 5.82 Å². The molecule has 3 heterocycles. The van der Waals surface area contributed by atoms with E-state index in [1.165, 1.54) is 17.3 Å². The molecule has 11 heteroatoms. The lowest BCUT2D eigenvalue weighted by molar-refractivity contribution is 0.782. The van der Waals surface area contributed by atoms with E-state index in [1.807, 2.05) is 17.8 Å². The Bertz CT molecular complexity index is 716. The molecule has 0 aliphatic carbocycles. The van der Waals surface area contributed by atoms with Gasteiger partial charge in [-0.1, -0.05) is 0 Å². The van der Waals surface area contributed by atoms with Crippen molar-refractivity contribution in [3.63, 3.8) is 0 Å². The Balaban J connectivity index is 1.84. The van der Waals surface area contributed by atoms with Crippen LogP contribution in [0.15, 0.2) is 25.0 Å². The average Bonchev–Trinajstić information content (AvgIpc) is 3.16. The van der Waals surface area contributed by atoms with E-state index < -0.39 is 0 Å². The Hall–Kier alpha value is -3.08. The van der Waals surface area contributed by atoms with Crippen LogP contribution in [0.2, 0.25) is 0 Å². The highest BCUT2D eigenvalue weighted by Gasteiger charge is 2.09. The van der Waals surface area contributed by atoms with Crippen molar-refractivity contribution in [2.45, 2.75) is 6.54 Å². The van der Waals surface area contributed by atoms with Crippen LogP contribution in [0.4, 0.5) is 11.9 Å². The van der Waals surface area contributed by atoms with Gasteiger partial charge in [0.25, 0.3) is 5.95 Å². The maximum atomic E-state index is 5.36. The molecule has 3 rings (SSSR count).